The van der Waals surface area contributed by atoms with Crippen LogP contribution < -0.4 is 15.0 Å². The summed E-state index contributed by atoms with van der Waals surface area (Å²) in [4.78, 5) is 32.6. The molecule has 8 nitrogen and oxygen atoms in total. The zero-order chi connectivity index (χ0) is 21.4. The van der Waals surface area contributed by atoms with Gasteiger partial charge in [-0.3, -0.25) is 19.1 Å². The molecule has 1 saturated heterocycles. The molecule has 8 heteroatoms. The van der Waals surface area contributed by atoms with Crippen LogP contribution in [0.1, 0.15) is 25.3 Å². The molecule has 2 aliphatic rings. The number of nitrogens with one attached hydrogen (secondary N) is 1. The van der Waals surface area contributed by atoms with E-state index in [0.29, 0.717) is 23.9 Å². The lowest BCUT2D eigenvalue weighted by Crippen LogP contribution is -2.37. The molecule has 0 unspecified atom stereocenters. The van der Waals surface area contributed by atoms with Gasteiger partial charge in [-0.1, -0.05) is 18.2 Å². The number of nitrogens with zero attached hydrogens (tertiary/aromatic N) is 3. The first-order chi connectivity index (χ1) is 15.1. The lowest BCUT2D eigenvalue weighted by molar-refractivity contribution is -0.124. The molecule has 0 saturated carbocycles. The number of amides is 2. The summed E-state index contributed by atoms with van der Waals surface area (Å²) in [5.74, 6) is 0.875. The smallest absolute Gasteiger partial charge is 0.253 e. The summed E-state index contributed by atoms with van der Waals surface area (Å²) >= 11 is 0. The van der Waals surface area contributed by atoms with Crippen molar-refractivity contribution in [1.29, 1.82) is 0 Å². The summed E-state index contributed by atoms with van der Waals surface area (Å²) in [6.45, 7) is 1.17. The lowest BCUT2D eigenvalue weighted by Gasteiger charge is -2.19. The van der Waals surface area contributed by atoms with Gasteiger partial charge >= 0.3 is 0 Å². The minimum atomic E-state index is -0.644. The fourth-order valence-corrected chi connectivity index (χ4v) is 4.35. The molecule has 0 radical (unpaired) electrons. The number of benzene rings is 2. The average Bonchev–Trinajstić information content (AvgIpc) is 3.48. The highest BCUT2D eigenvalue weighted by atomic mass is 16.5. The van der Waals surface area contributed by atoms with Crippen molar-refractivity contribution < 1.29 is 19.1 Å². The second-order valence-electron chi connectivity index (χ2n) is 7.85. The molecular formula is C23H24N4O4. The van der Waals surface area contributed by atoms with Crippen LogP contribution in [0.25, 0.3) is 11.0 Å². The van der Waals surface area contributed by atoms with Crippen LogP contribution in [0.15, 0.2) is 48.5 Å². The molecule has 5 rings (SSSR count). The molecule has 2 atom stereocenters. The van der Waals surface area contributed by atoms with E-state index in [1.54, 1.807) is 30.2 Å². The largest absolute Gasteiger partial charge is 0.497 e. The summed E-state index contributed by atoms with van der Waals surface area (Å²) in [5.41, 5.74) is 2.28. The molecule has 160 valence electrons. The number of aromatic nitrogens is 2. The Morgan fingerprint density at radius 1 is 1.26 bits per heavy atom. The molecule has 31 heavy (non-hydrogen) atoms. The fourth-order valence-electron chi connectivity index (χ4n) is 4.35. The summed E-state index contributed by atoms with van der Waals surface area (Å²) in [5, 5.41) is 2.87. The first kappa shape index (κ1) is 19.6. The minimum Gasteiger partial charge on any atom is -0.497 e. The molecule has 0 aliphatic carbocycles. The average molecular weight is 420 g/mol. The monoisotopic (exact) mass is 420 g/mol. The van der Waals surface area contributed by atoms with Crippen LogP contribution in [0.2, 0.25) is 0 Å². The van der Waals surface area contributed by atoms with Gasteiger partial charge < -0.3 is 14.8 Å². The molecule has 2 aliphatic heterocycles. The second-order valence-corrected chi connectivity index (χ2v) is 7.85. The number of anilines is 2. The van der Waals surface area contributed by atoms with E-state index >= 15 is 0 Å². The fraction of sp³-hybridized carbons (Fsp3) is 0.348. The van der Waals surface area contributed by atoms with E-state index in [1.807, 2.05) is 34.9 Å². The quantitative estimate of drug-likeness (QED) is 0.662. The van der Waals surface area contributed by atoms with Crippen molar-refractivity contribution in [3.05, 3.63) is 48.5 Å². The van der Waals surface area contributed by atoms with E-state index in [9.17, 15) is 9.59 Å². The van der Waals surface area contributed by atoms with Crippen molar-refractivity contribution in [2.75, 3.05) is 30.5 Å². The van der Waals surface area contributed by atoms with Gasteiger partial charge in [-0.15, -0.1) is 0 Å². The normalized spacial score (nSPS) is 20.3. The number of para-hydroxylation sites is 2. The van der Waals surface area contributed by atoms with Crippen LogP contribution in [0.4, 0.5) is 11.6 Å². The molecule has 1 aromatic heterocycles. The van der Waals surface area contributed by atoms with Gasteiger partial charge in [0.2, 0.25) is 11.9 Å². The number of rotatable bonds is 6. The van der Waals surface area contributed by atoms with E-state index in [-0.39, 0.29) is 24.3 Å². The highest BCUT2D eigenvalue weighted by Gasteiger charge is 2.42. The van der Waals surface area contributed by atoms with Crippen molar-refractivity contribution in [3.63, 3.8) is 0 Å². The number of hydrogen-bond acceptors (Lipinski definition) is 5. The van der Waals surface area contributed by atoms with Crippen LogP contribution in [-0.4, -0.2) is 47.7 Å². The van der Waals surface area contributed by atoms with Gasteiger partial charge in [0.25, 0.3) is 5.91 Å². The highest BCUT2D eigenvalue weighted by Crippen LogP contribution is 2.37. The Kier molecular flexibility index (Phi) is 5.07. The van der Waals surface area contributed by atoms with E-state index in [2.05, 4.69) is 5.32 Å². The van der Waals surface area contributed by atoms with Crippen LogP contribution in [0, 0.1) is 0 Å². The summed E-state index contributed by atoms with van der Waals surface area (Å²) < 4.78 is 12.8. The zero-order valence-corrected chi connectivity index (χ0v) is 17.3. The van der Waals surface area contributed by atoms with E-state index in [0.717, 1.165) is 30.5 Å². The molecule has 2 aromatic carbocycles. The first-order valence-electron chi connectivity index (χ1n) is 10.5. The molecule has 1 fully saturated rings. The first-order valence-corrected chi connectivity index (χ1v) is 10.5. The van der Waals surface area contributed by atoms with Gasteiger partial charge in [-0.05, 0) is 37.1 Å². The number of carbonyl (C=O) groups excluding carboxylic acids is 2. The third kappa shape index (κ3) is 3.63. The zero-order valence-electron chi connectivity index (χ0n) is 17.3. The number of ether oxygens (including phenoxy) is 2. The lowest BCUT2D eigenvalue weighted by atomic mass is 10.1. The predicted molar refractivity (Wildman–Crippen MR) is 116 cm³/mol. The van der Waals surface area contributed by atoms with Crippen molar-refractivity contribution in [2.24, 2.45) is 0 Å². The van der Waals surface area contributed by atoms with E-state index < -0.39 is 6.04 Å². The van der Waals surface area contributed by atoms with Gasteiger partial charge in [0, 0.05) is 18.4 Å². The van der Waals surface area contributed by atoms with Gasteiger partial charge in [-0.2, -0.15) is 0 Å². The van der Waals surface area contributed by atoms with E-state index in [1.165, 1.54) is 0 Å². The Hall–Kier alpha value is -3.39. The summed E-state index contributed by atoms with van der Waals surface area (Å²) in [6, 6.07) is 14.2. The summed E-state index contributed by atoms with van der Waals surface area (Å²) in [7, 11) is 1.58. The van der Waals surface area contributed by atoms with Crippen molar-refractivity contribution in [2.45, 2.75) is 31.4 Å². The number of carbonyl (C=O) groups is 2. The van der Waals surface area contributed by atoms with Crippen molar-refractivity contribution in [1.82, 2.24) is 9.55 Å². The minimum absolute atomic E-state index is 0.00146. The van der Waals surface area contributed by atoms with Crippen molar-refractivity contribution in [3.8, 4) is 5.75 Å². The maximum Gasteiger partial charge on any atom is 0.253 e. The topological polar surface area (TPSA) is 85.7 Å². The number of methoxy groups -OCH3 is 1. The molecule has 3 aromatic rings. The Morgan fingerprint density at radius 3 is 2.94 bits per heavy atom. The number of hydrogen-bond donors (Lipinski definition) is 1. The Bertz CT molecular complexity index is 1140. The number of imidazole rings is 1. The SMILES string of the molecule is COc1cccc(NC(=O)C[C@@H]2C(=O)N(C[C@@H]3CCCO3)c3nc4ccccc4n32)c1. The molecule has 0 bridgehead atoms. The third-order valence-corrected chi connectivity index (χ3v) is 5.82. The second kappa shape index (κ2) is 8.03. The number of fused-ring (bicyclic) bond motifs is 3. The highest BCUT2D eigenvalue weighted by molar-refractivity contribution is 6.05. The van der Waals surface area contributed by atoms with Crippen molar-refractivity contribution >= 4 is 34.5 Å². The summed E-state index contributed by atoms with van der Waals surface area (Å²) in [6.07, 6.45) is 1.94. The Balaban J connectivity index is 1.42. The van der Waals surface area contributed by atoms with Gasteiger partial charge in [-0.25, -0.2) is 4.98 Å². The van der Waals surface area contributed by atoms with E-state index in [4.69, 9.17) is 14.5 Å². The Morgan fingerprint density at radius 2 is 2.13 bits per heavy atom. The molecule has 0 spiro atoms. The molecule has 2 amide bonds. The van der Waals surface area contributed by atoms with Gasteiger partial charge in [0.05, 0.1) is 37.2 Å². The molecule has 3 heterocycles. The maximum atomic E-state index is 13.4. The molecular weight excluding hydrogens is 396 g/mol. The van der Waals surface area contributed by atoms with Crippen LogP contribution in [-0.2, 0) is 14.3 Å². The van der Waals surface area contributed by atoms with Gasteiger partial charge in [0.15, 0.2) is 0 Å². The van der Waals surface area contributed by atoms with Crippen LogP contribution in [0.5, 0.6) is 5.75 Å². The molecule has 1 N–H and O–H groups in total. The van der Waals surface area contributed by atoms with Gasteiger partial charge in [0.1, 0.15) is 11.8 Å². The predicted octanol–water partition coefficient (Wildman–Crippen LogP) is 3.14. The standard InChI is InChI=1S/C23H24N4O4/c1-30-16-7-4-6-15(12-16)24-21(28)13-20-22(29)26(14-17-8-5-11-31-17)23-25-18-9-2-3-10-19(18)27(20)23/h2-4,6-7,9-10,12,17,20H,5,8,11,13-14H2,1H3,(H,24,28)/t17-,20+/m0/s1. The van der Waals surface area contributed by atoms with Crippen LogP contribution in [0.3, 0.4) is 0 Å². The Labute approximate surface area is 179 Å². The maximum absolute atomic E-state index is 13.4. The third-order valence-electron chi connectivity index (χ3n) is 5.82. The van der Waals surface area contributed by atoms with Crippen LogP contribution >= 0.6 is 0 Å².